The number of nitrogens with one attached hydrogen (secondary N) is 1. The van der Waals surface area contributed by atoms with Crippen LogP contribution in [0.4, 0.5) is 0 Å². The molecule has 21 heavy (non-hydrogen) atoms. The van der Waals surface area contributed by atoms with Crippen LogP contribution in [0.25, 0.3) is 0 Å². The molecule has 0 aliphatic heterocycles. The molecule has 0 fully saturated rings. The Labute approximate surface area is 120 Å². The van der Waals surface area contributed by atoms with Crippen molar-refractivity contribution in [1.82, 2.24) is 9.55 Å². The molecular weight excluding hydrogens is 278 g/mol. The van der Waals surface area contributed by atoms with Gasteiger partial charge >= 0.3 is 11.7 Å². The Hall–Kier alpha value is -2.37. The van der Waals surface area contributed by atoms with Crippen LogP contribution in [0, 0.1) is 12.3 Å². The lowest BCUT2D eigenvalue weighted by atomic mass is 10.2. The van der Waals surface area contributed by atoms with Gasteiger partial charge in [-0.15, -0.1) is 6.42 Å². The van der Waals surface area contributed by atoms with Crippen molar-refractivity contribution in [2.75, 3.05) is 20.3 Å². The number of carbonyl (C=O) groups excluding carboxylic acids is 1. The predicted molar refractivity (Wildman–Crippen MR) is 74.7 cm³/mol. The highest BCUT2D eigenvalue weighted by molar-refractivity contribution is 5.71. The van der Waals surface area contributed by atoms with Crippen LogP contribution in [0.2, 0.25) is 0 Å². The zero-order chi connectivity index (χ0) is 15.8. The molecule has 0 radical (unpaired) electrons. The molecule has 3 N–H and O–H groups in total. The van der Waals surface area contributed by atoms with E-state index in [-0.39, 0.29) is 25.3 Å². The van der Waals surface area contributed by atoms with Crippen LogP contribution in [0.3, 0.4) is 0 Å². The Morgan fingerprint density at radius 1 is 1.57 bits per heavy atom. The van der Waals surface area contributed by atoms with Crippen LogP contribution < -0.4 is 17.0 Å². The molecule has 1 aromatic rings. The molecule has 8 heteroatoms. The van der Waals surface area contributed by atoms with E-state index in [2.05, 4.69) is 10.9 Å². The van der Waals surface area contributed by atoms with Crippen LogP contribution in [0.15, 0.2) is 15.8 Å². The number of methoxy groups -OCH3 is 1. The minimum absolute atomic E-state index is 0.0344. The maximum atomic E-state index is 11.6. The van der Waals surface area contributed by atoms with Gasteiger partial charge in [-0.3, -0.25) is 19.1 Å². The summed E-state index contributed by atoms with van der Waals surface area (Å²) in [4.78, 5) is 36.0. The maximum absolute atomic E-state index is 11.6. The van der Waals surface area contributed by atoms with Gasteiger partial charge in [0.15, 0.2) is 0 Å². The quantitative estimate of drug-likeness (QED) is 0.463. The molecule has 8 nitrogen and oxygen atoms in total. The molecule has 0 aliphatic carbocycles. The first-order valence-corrected chi connectivity index (χ1v) is 6.20. The van der Waals surface area contributed by atoms with Crippen LogP contribution in [-0.4, -0.2) is 41.9 Å². The molecule has 1 unspecified atom stereocenters. The zero-order valence-electron chi connectivity index (χ0n) is 11.6. The second kappa shape index (κ2) is 8.04. The van der Waals surface area contributed by atoms with E-state index in [1.807, 2.05) is 0 Å². The fourth-order valence-corrected chi connectivity index (χ4v) is 1.58. The SMILES string of the molecule is C#Cc1cn(CCC(COC(=O)CN)OC)c(=O)[nH]c1=O. The minimum atomic E-state index is -0.598. The first-order chi connectivity index (χ1) is 10.0. The van der Waals surface area contributed by atoms with E-state index in [9.17, 15) is 14.4 Å². The molecule has 0 aliphatic rings. The molecule has 0 spiro atoms. The third-order valence-corrected chi connectivity index (χ3v) is 2.79. The number of terminal acetylenes is 1. The summed E-state index contributed by atoms with van der Waals surface area (Å²) in [5, 5.41) is 0. The Morgan fingerprint density at radius 2 is 2.29 bits per heavy atom. The number of H-pyrrole nitrogens is 1. The van der Waals surface area contributed by atoms with Crippen molar-refractivity contribution in [3.05, 3.63) is 32.6 Å². The van der Waals surface area contributed by atoms with E-state index in [1.165, 1.54) is 17.9 Å². The molecule has 0 amide bonds. The highest BCUT2D eigenvalue weighted by Gasteiger charge is 2.12. The highest BCUT2D eigenvalue weighted by atomic mass is 16.6. The molecule has 1 aromatic heterocycles. The van der Waals surface area contributed by atoms with Crippen molar-refractivity contribution in [2.45, 2.75) is 19.1 Å². The summed E-state index contributed by atoms with van der Waals surface area (Å²) in [6.45, 7) is 0.0803. The summed E-state index contributed by atoms with van der Waals surface area (Å²) in [7, 11) is 1.46. The lowest BCUT2D eigenvalue weighted by molar-refractivity contribution is -0.145. The number of nitrogens with zero attached hydrogens (tertiary/aromatic N) is 1. The van der Waals surface area contributed by atoms with Crippen LogP contribution in [-0.2, 0) is 20.8 Å². The van der Waals surface area contributed by atoms with Gasteiger partial charge in [0.1, 0.15) is 12.2 Å². The van der Waals surface area contributed by atoms with E-state index in [0.29, 0.717) is 6.42 Å². The smallest absolute Gasteiger partial charge is 0.328 e. The van der Waals surface area contributed by atoms with Crippen molar-refractivity contribution in [3.8, 4) is 12.3 Å². The normalized spacial score (nSPS) is 11.7. The average molecular weight is 295 g/mol. The third kappa shape index (κ3) is 4.91. The molecule has 0 aromatic carbocycles. The van der Waals surface area contributed by atoms with Crippen molar-refractivity contribution in [1.29, 1.82) is 0 Å². The number of ether oxygens (including phenoxy) is 2. The Bertz CT molecular complexity index is 640. The first-order valence-electron chi connectivity index (χ1n) is 6.20. The summed E-state index contributed by atoms with van der Waals surface area (Å²) >= 11 is 0. The zero-order valence-corrected chi connectivity index (χ0v) is 11.6. The second-order valence-electron chi connectivity index (χ2n) is 4.17. The molecule has 114 valence electrons. The molecule has 0 saturated heterocycles. The highest BCUT2D eigenvalue weighted by Crippen LogP contribution is 2.01. The number of hydrogen-bond donors (Lipinski definition) is 2. The van der Waals surface area contributed by atoms with Gasteiger partial charge in [-0.1, -0.05) is 5.92 Å². The van der Waals surface area contributed by atoms with E-state index < -0.39 is 23.3 Å². The average Bonchev–Trinajstić information content (AvgIpc) is 2.48. The van der Waals surface area contributed by atoms with Gasteiger partial charge in [-0.2, -0.15) is 0 Å². The number of rotatable bonds is 7. The molecule has 1 rings (SSSR count). The van der Waals surface area contributed by atoms with Crippen LogP contribution in [0.5, 0.6) is 0 Å². The fourth-order valence-electron chi connectivity index (χ4n) is 1.58. The lowest BCUT2D eigenvalue weighted by Gasteiger charge is -2.15. The van der Waals surface area contributed by atoms with Crippen molar-refractivity contribution >= 4 is 5.97 Å². The summed E-state index contributed by atoms with van der Waals surface area (Å²) < 4.78 is 11.3. The fraction of sp³-hybridized carbons (Fsp3) is 0.462. The first kappa shape index (κ1) is 16.7. The number of nitrogens with two attached hydrogens (primary N) is 1. The monoisotopic (exact) mass is 295 g/mol. The van der Waals surface area contributed by atoms with Crippen molar-refractivity contribution in [3.63, 3.8) is 0 Å². The summed E-state index contributed by atoms with van der Waals surface area (Å²) in [6.07, 6.45) is 6.47. The lowest BCUT2D eigenvalue weighted by Crippen LogP contribution is -2.33. The second-order valence-corrected chi connectivity index (χ2v) is 4.17. The van der Waals surface area contributed by atoms with E-state index in [0.717, 1.165) is 0 Å². The summed E-state index contributed by atoms with van der Waals surface area (Å²) in [5.41, 5.74) is 4.02. The third-order valence-electron chi connectivity index (χ3n) is 2.79. The van der Waals surface area contributed by atoms with Gasteiger partial charge in [0.25, 0.3) is 5.56 Å². The number of aryl methyl sites for hydroxylation is 1. The number of hydrogen-bond acceptors (Lipinski definition) is 6. The Morgan fingerprint density at radius 3 is 2.86 bits per heavy atom. The van der Waals surface area contributed by atoms with E-state index in [4.69, 9.17) is 21.6 Å². The van der Waals surface area contributed by atoms with Gasteiger partial charge in [0.05, 0.1) is 12.6 Å². The van der Waals surface area contributed by atoms with Crippen molar-refractivity contribution in [2.24, 2.45) is 5.73 Å². The van der Waals surface area contributed by atoms with Gasteiger partial charge in [-0.05, 0) is 6.42 Å². The van der Waals surface area contributed by atoms with Gasteiger partial charge < -0.3 is 15.2 Å². The largest absolute Gasteiger partial charge is 0.462 e. The summed E-state index contributed by atoms with van der Waals surface area (Å²) in [6, 6.07) is 0. The van der Waals surface area contributed by atoms with Gasteiger partial charge in [0, 0.05) is 19.9 Å². The van der Waals surface area contributed by atoms with Crippen LogP contribution >= 0.6 is 0 Å². The van der Waals surface area contributed by atoms with E-state index >= 15 is 0 Å². The molecular formula is C13H17N3O5. The number of carbonyl (C=O) groups is 1. The molecule has 1 atom stereocenters. The van der Waals surface area contributed by atoms with Crippen LogP contribution in [0.1, 0.15) is 12.0 Å². The number of esters is 1. The molecule has 0 saturated carbocycles. The number of aromatic nitrogens is 2. The van der Waals surface area contributed by atoms with E-state index in [1.54, 1.807) is 0 Å². The molecule has 0 bridgehead atoms. The summed E-state index contributed by atoms with van der Waals surface area (Å²) in [5.74, 6) is 1.66. The predicted octanol–water partition coefficient (Wildman–Crippen LogP) is -1.58. The standard InChI is InChI=1S/C13H17N3O5/c1-3-9-7-16(13(19)15-12(9)18)5-4-10(20-2)8-21-11(17)6-14/h1,7,10H,4-6,8,14H2,2H3,(H,15,18,19). The Balaban J connectivity index is 2.69. The topological polar surface area (TPSA) is 116 Å². The minimum Gasteiger partial charge on any atom is -0.462 e. The maximum Gasteiger partial charge on any atom is 0.328 e. The Kier molecular flexibility index (Phi) is 6.39. The van der Waals surface area contributed by atoms with Gasteiger partial charge in [0.2, 0.25) is 0 Å². The van der Waals surface area contributed by atoms with Gasteiger partial charge in [-0.25, -0.2) is 4.79 Å². The number of aromatic amines is 1. The van der Waals surface area contributed by atoms with Crippen molar-refractivity contribution < 1.29 is 14.3 Å². The molecule has 1 heterocycles.